The Bertz CT molecular complexity index is 1050. The molecule has 3 N–H and O–H groups in total. The number of aliphatic hydroxyl groups excluding tert-OH is 2. The van der Waals surface area contributed by atoms with E-state index in [1.807, 2.05) is 42.5 Å². The third kappa shape index (κ3) is 6.34. The maximum Gasteiger partial charge on any atom is 0.286 e. The molecule has 11 heteroatoms. The minimum atomic E-state index is -0.984. The molecule has 0 aliphatic rings. The molecule has 0 amide bonds. The second kappa shape index (κ2) is 11.6. The van der Waals surface area contributed by atoms with Crippen molar-refractivity contribution in [1.29, 1.82) is 0 Å². The standard InChI is InChI=1S/C19H22N7O3.ClH/c27-13-12-24-9-5-4-8-17(24)21-23-19(16-6-2-1-3-7-16)22-20-14-18(28)25-10-11-26(29)15-25;/h1-11,15,18,27-29H,12-14H2;1H/q+1;/p-1. The van der Waals surface area contributed by atoms with Crippen molar-refractivity contribution in [3.05, 3.63) is 84.5 Å². The average Bonchev–Trinajstić information content (AvgIpc) is 3.19. The molecule has 0 fully saturated rings. The zero-order chi connectivity index (χ0) is 20.5. The SMILES string of the molecule is OCCn1ccccc1=NN=C(N=NCC(O)[n+]1ccn(O)c1)c1ccccc1.[Cl-]. The second-order valence-electron chi connectivity index (χ2n) is 6.01. The molecule has 0 bridgehead atoms. The maximum atomic E-state index is 10.1. The van der Waals surface area contributed by atoms with Crippen LogP contribution in [-0.4, -0.2) is 43.7 Å². The molecule has 10 nitrogen and oxygen atoms in total. The Hall–Kier alpha value is -3.34. The molecule has 0 saturated heterocycles. The van der Waals surface area contributed by atoms with E-state index in [9.17, 15) is 15.4 Å². The van der Waals surface area contributed by atoms with Gasteiger partial charge in [-0.2, -0.15) is 5.11 Å². The smallest absolute Gasteiger partial charge is 0.286 e. The van der Waals surface area contributed by atoms with Crippen molar-refractivity contribution < 1.29 is 32.4 Å². The Morgan fingerprint density at radius 3 is 2.53 bits per heavy atom. The molecular formula is C19H22ClN7O3. The molecule has 158 valence electrons. The zero-order valence-electron chi connectivity index (χ0n) is 16.0. The van der Waals surface area contributed by atoms with E-state index in [2.05, 4.69) is 20.4 Å². The Labute approximate surface area is 178 Å². The van der Waals surface area contributed by atoms with Crippen LogP contribution in [-0.2, 0) is 6.54 Å². The van der Waals surface area contributed by atoms with Gasteiger partial charge in [-0.15, -0.1) is 15.3 Å². The highest BCUT2D eigenvalue weighted by molar-refractivity contribution is 5.98. The molecule has 1 unspecified atom stereocenters. The van der Waals surface area contributed by atoms with E-state index in [1.165, 1.54) is 23.3 Å². The average molecular weight is 432 g/mol. The fraction of sp³-hybridized carbons (Fsp3) is 0.211. The lowest BCUT2D eigenvalue weighted by molar-refractivity contribution is -0.757. The number of hydrogen-bond acceptors (Lipinski definition) is 6. The molecule has 0 saturated carbocycles. The van der Waals surface area contributed by atoms with Crippen LogP contribution in [0.1, 0.15) is 11.8 Å². The van der Waals surface area contributed by atoms with Gasteiger partial charge >= 0.3 is 0 Å². The summed E-state index contributed by atoms with van der Waals surface area (Å²) in [5.74, 6) is 0.280. The zero-order valence-corrected chi connectivity index (χ0v) is 16.7. The predicted octanol–water partition coefficient (Wildman–Crippen LogP) is -2.28. The van der Waals surface area contributed by atoms with Crippen LogP contribution in [0.2, 0.25) is 0 Å². The lowest BCUT2D eigenvalue weighted by Gasteiger charge is -2.04. The normalized spacial score (nSPS) is 13.4. The number of rotatable bonds is 7. The predicted molar refractivity (Wildman–Crippen MR) is 103 cm³/mol. The fourth-order valence-corrected chi connectivity index (χ4v) is 2.49. The Kier molecular flexibility index (Phi) is 8.88. The molecule has 0 spiro atoms. The van der Waals surface area contributed by atoms with Gasteiger partial charge in [0.25, 0.3) is 6.33 Å². The largest absolute Gasteiger partial charge is 1.00 e. The van der Waals surface area contributed by atoms with Crippen molar-refractivity contribution in [3.8, 4) is 0 Å². The summed E-state index contributed by atoms with van der Waals surface area (Å²) in [4.78, 5) is 0. The second-order valence-corrected chi connectivity index (χ2v) is 6.01. The van der Waals surface area contributed by atoms with Crippen LogP contribution < -0.4 is 22.5 Å². The van der Waals surface area contributed by atoms with Crippen LogP contribution >= 0.6 is 0 Å². The molecule has 0 aliphatic heterocycles. The van der Waals surface area contributed by atoms with Gasteiger partial charge in [-0.3, -0.25) is 0 Å². The quantitative estimate of drug-likeness (QED) is 0.0974. The highest BCUT2D eigenvalue weighted by Crippen LogP contribution is 2.04. The van der Waals surface area contributed by atoms with Crippen molar-refractivity contribution in [1.82, 2.24) is 9.30 Å². The van der Waals surface area contributed by atoms with Gasteiger partial charge in [-0.05, 0) is 12.1 Å². The van der Waals surface area contributed by atoms with Crippen LogP contribution in [0.25, 0.3) is 0 Å². The number of benzene rings is 1. The van der Waals surface area contributed by atoms with E-state index in [4.69, 9.17) is 0 Å². The number of halogens is 1. The Morgan fingerprint density at radius 2 is 1.83 bits per heavy atom. The lowest BCUT2D eigenvalue weighted by Crippen LogP contribution is -3.00. The first-order valence-electron chi connectivity index (χ1n) is 8.94. The van der Waals surface area contributed by atoms with Crippen molar-refractivity contribution in [3.63, 3.8) is 0 Å². The number of hydrogen-bond donors (Lipinski definition) is 3. The third-order valence-electron chi connectivity index (χ3n) is 3.93. The first kappa shape index (κ1) is 22.9. The maximum absolute atomic E-state index is 10.1. The fourth-order valence-electron chi connectivity index (χ4n) is 2.49. The summed E-state index contributed by atoms with van der Waals surface area (Å²) in [5.41, 5.74) is 1.28. The van der Waals surface area contributed by atoms with E-state index in [1.54, 1.807) is 16.8 Å². The van der Waals surface area contributed by atoms with Crippen molar-refractivity contribution >= 4 is 5.84 Å². The number of pyridine rings is 1. The third-order valence-corrected chi connectivity index (χ3v) is 3.93. The van der Waals surface area contributed by atoms with E-state index < -0.39 is 6.23 Å². The molecule has 1 aromatic carbocycles. The van der Waals surface area contributed by atoms with Gasteiger partial charge < -0.3 is 32.4 Å². The van der Waals surface area contributed by atoms with Crippen molar-refractivity contribution in [2.45, 2.75) is 12.8 Å². The number of aromatic nitrogens is 3. The summed E-state index contributed by atoms with van der Waals surface area (Å²) >= 11 is 0. The van der Waals surface area contributed by atoms with Gasteiger partial charge in [0.2, 0.25) is 12.1 Å². The topological polar surface area (TPSA) is 124 Å². The molecule has 30 heavy (non-hydrogen) atoms. The number of imidazole rings is 1. The number of nitrogens with zero attached hydrogens (tertiary/aromatic N) is 7. The van der Waals surface area contributed by atoms with Crippen molar-refractivity contribution in [2.75, 3.05) is 13.2 Å². The minimum Gasteiger partial charge on any atom is -1.00 e. The van der Waals surface area contributed by atoms with Gasteiger partial charge in [-0.1, -0.05) is 41.1 Å². The highest BCUT2D eigenvalue weighted by atomic mass is 35.5. The van der Waals surface area contributed by atoms with E-state index in [0.717, 1.165) is 4.73 Å². The van der Waals surface area contributed by atoms with Crippen LogP contribution in [0.3, 0.4) is 0 Å². The monoisotopic (exact) mass is 431 g/mol. The van der Waals surface area contributed by atoms with Crippen LogP contribution in [0.5, 0.6) is 0 Å². The van der Waals surface area contributed by atoms with Crippen LogP contribution in [0.4, 0.5) is 0 Å². The number of amidine groups is 1. The number of azo groups is 1. The van der Waals surface area contributed by atoms with Crippen LogP contribution in [0.15, 0.2) is 93.9 Å². The first-order valence-corrected chi connectivity index (χ1v) is 8.94. The van der Waals surface area contributed by atoms with E-state index in [0.29, 0.717) is 17.6 Å². The molecule has 0 radical (unpaired) electrons. The summed E-state index contributed by atoms with van der Waals surface area (Å²) in [6.45, 7) is 0.346. The molecule has 0 aliphatic carbocycles. The summed E-state index contributed by atoms with van der Waals surface area (Å²) in [6.07, 6.45) is 5.03. The van der Waals surface area contributed by atoms with Crippen LogP contribution in [0, 0.1) is 0 Å². The van der Waals surface area contributed by atoms with Gasteiger partial charge in [-0.25, -0.2) is 4.57 Å². The summed E-state index contributed by atoms with van der Waals surface area (Å²) in [5, 5.41) is 45.2. The molecule has 2 heterocycles. The number of aliphatic hydroxyl groups is 2. The van der Waals surface area contributed by atoms with Gasteiger partial charge in [0.1, 0.15) is 12.7 Å². The lowest BCUT2D eigenvalue weighted by atomic mass is 10.2. The van der Waals surface area contributed by atoms with Gasteiger partial charge in [0.15, 0.2) is 11.7 Å². The minimum absolute atomic E-state index is 0. The van der Waals surface area contributed by atoms with E-state index in [-0.39, 0.29) is 31.4 Å². The Morgan fingerprint density at radius 1 is 1.07 bits per heavy atom. The van der Waals surface area contributed by atoms with Gasteiger partial charge in [0, 0.05) is 18.3 Å². The molecule has 3 aromatic rings. The highest BCUT2D eigenvalue weighted by Gasteiger charge is 2.13. The summed E-state index contributed by atoms with van der Waals surface area (Å²) < 4.78 is 3.99. The summed E-state index contributed by atoms with van der Waals surface area (Å²) in [7, 11) is 0. The molecular weight excluding hydrogens is 410 g/mol. The molecule has 3 rings (SSSR count). The molecule has 1 atom stereocenters. The van der Waals surface area contributed by atoms with Gasteiger partial charge in [0.05, 0.1) is 6.61 Å². The Balaban J connectivity index is 0.00000320. The van der Waals surface area contributed by atoms with E-state index >= 15 is 0 Å². The first-order chi connectivity index (χ1) is 14.2. The van der Waals surface area contributed by atoms with Crippen molar-refractivity contribution in [2.24, 2.45) is 20.4 Å². The summed E-state index contributed by atoms with van der Waals surface area (Å²) in [6, 6.07) is 14.7. The molecule has 2 aromatic heterocycles.